The average Bonchev–Trinajstić information content (AvgIpc) is 3.37. The van der Waals surface area contributed by atoms with Crippen molar-refractivity contribution in [3.63, 3.8) is 0 Å². The van der Waals surface area contributed by atoms with Gasteiger partial charge in [-0.3, -0.25) is 0 Å². The Kier molecular flexibility index (Phi) is 5.36. The van der Waals surface area contributed by atoms with Gasteiger partial charge in [-0.05, 0) is 37.0 Å². The van der Waals surface area contributed by atoms with E-state index in [0.29, 0.717) is 17.8 Å². The number of aliphatic hydroxyl groups is 1. The summed E-state index contributed by atoms with van der Waals surface area (Å²) in [4.78, 5) is 9.22. The number of benzene rings is 1. The normalized spacial score (nSPS) is 15.4. The van der Waals surface area contributed by atoms with Crippen LogP contribution in [0.5, 0.6) is 0 Å². The largest absolute Gasteiger partial charge is 0.394 e. The number of hydrogen-bond donors (Lipinski definition) is 3. The van der Waals surface area contributed by atoms with E-state index in [1.54, 1.807) is 0 Å². The van der Waals surface area contributed by atoms with Crippen LogP contribution >= 0.6 is 15.9 Å². The number of halogens is 1. The highest BCUT2D eigenvalue weighted by atomic mass is 79.9. The molecule has 1 aliphatic carbocycles. The second-order valence-electron chi connectivity index (χ2n) is 6.59. The van der Waals surface area contributed by atoms with Crippen LogP contribution in [0.4, 0.5) is 17.5 Å². The van der Waals surface area contributed by atoms with Gasteiger partial charge in [0.25, 0.3) is 0 Å². The van der Waals surface area contributed by atoms with E-state index < -0.39 is 0 Å². The van der Waals surface area contributed by atoms with Crippen molar-refractivity contribution in [2.24, 2.45) is 5.92 Å². The van der Waals surface area contributed by atoms with Crippen molar-refractivity contribution in [2.45, 2.75) is 38.6 Å². The molecule has 6 heteroatoms. The van der Waals surface area contributed by atoms with E-state index in [9.17, 15) is 5.11 Å². The molecule has 24 heavy (non-hydrogen) atoms. The van der Waals surface area contributed by atoms with Crippen LogP contribution in [0.3, 0.4) is 0 Å². The SMILES string of the molecule is CC(C)[C@H](CO)Nc1nc(Nc2cccc(Br)c2)cc(C2CC2)n1. The summed E-state index contributed by atoms with van der Waals surface area (Å²) in [5, 5.41) is 16.2. The van der Waals surface area contributed by atoms with E-state index in [1.807, 2.05) is 30.3 Å². The zero-order valence-electron chi connectivity index (χ0n) is 14.0. The topological polar surface area (TPSA) is 70.1 Å². The van der Waals surface area contributed by atoms with Crippen molar-refractivity contribution in [1.82, 2.24) is 9.97 Å². The van der Waals surface area contributed by atoms with Crippen LogP contribution < -0.4 is 10.6 Å². The minimum Gasteiger partial charge on any atom is -0.394 e. The highest BCUT2D eigenvalue weighted by Crippen LogP contribution is 2.40. The molecule has 0 unspecified atom stereocenters. The van der Waals surface area contributed by atoms with Gasteiger partial charge in [-0.1, -0.05) is 35.8 Å². The highest BCUT2D eigenvalue weighted by molar-refractivity contribution is 9.10. The molecule has 128 valence electrons. The van der Waals surface area contributed by atoms with Gasteiger partial charge in [0.2, 0.25) is 5.95 Å². The molecule has 0 aliphatic heterocycles. The summed E-state index contributed by atoms with van der Waals surface area (Å²) in [7, 11) is 0. The Morgan fingerprint density at radius 3 is 2.67 bits per heavy atom. The number of aliphatic hydroxyl groups excluding tert-OH is 1. The Morgan fingerprint density at radius 2 is 2.04 bits per heavy atom. The third kappa shape index (κ3) is 4.45. The first-order valence-corrected chi connectivity index (χ1v) is 9.13. The molecule has 1 aromatic heterocycles. The van der Waals surface area contributed by atoms with Gasteiger partial charge in [-0.2, -0.15) is 4.98 Å². The fraction of sp³-hybridized carbons (Fsp3) is 0.444. The molecule has 1 aromatic carbocycles. The summed E-state index contributed by atoms with van der Waals surface area (Å²) in [6.45, 7) is 4.20. The van der Waals surface area contributed by atoms with Gasteiger partial charge in [-0.15, -0.1) is 0 Å². The number of aromatic nitrogens is 2. The molecular weight excluding hydrogens is 368 g/mol. The van der Waals surface area contributed by atoms with Crippen molar-refractivity contribution >= 4 is 33.4 Å². The molecule has 2 aromatic rings. The van der Waals surface area contributed by atoms with Gasteiger partial charge in [-0.25, -0.2) is 4.98 Å². The van der Waals surface area contributed by atoms with E-state index in [2.05, 4.69) is 50.4 Å². The summed E-state index contributed by atoms with van der Waals surface area (Å²) < 4.78 is 1.02. The first-order chi connectivity index (χ1) is 11.5. The highest BCUT2D eigenvalue weighted by Gasteiger charge is 2.26. The van der Waals surface area contributed by atoms with Gasteiger partial charge in [0.1, 0.15) is 5.82 Å². The molecule has 5 nitrogen and oxygen atoms in total. The summed E-state index contributed by atoms with van der Waals surface area (Å²) in [5.74, 6) is 2.17. The van der Waals surface area contributed by atoms with Crippen molar-refractivity contribution in [3.05, 3.63) is 40.5 Å². The lowest BCUT2D eigenvalue weighted by atomic mass is 10.1. The van der Waals surface area contributed by atoms with E-state index in [1.165, 1.54) is 12.8 Å². The van der Waals surface area contributed by atoms with Crippen LogP contribution in [-0.2, 0) is 0 Å². The lowest BCUT2D eigenvalue weighted by Gasteiger charge is -2.20. The van der Waals surface area contributed by atoms with Crippen LogP contribution in [0.25, 0.3) is 0 Å². The number of nitrogens with zero attached hydrogens (tertiary/aromatic N) is 2. The van der Waals surface area contributed by atoms with Crippen LogP contribution in [-0.4, -0.2) is 27.7 Å². The van der Waals surface area contributed by atoms with E-state index in [-0.39, 0.29) is 12.6 Å². The van der Waals surface area contributed by atoms with Crippen molar-refractivity contribution < 1.29 is 5.11 Å². The maximum absolute atomic E-state index is 9.54. The number of rotatable bonds is 7. The molecule has 3 rings (SSSR count). The second kappa shape index (κ2) is 7.49. The van der Waals surface area contributed by atoms with Gasteiger partial charge in [0.15, 0.2) is 0 Å². The molecule has 1 saturated carbocycles. The molecule has 0 bridgehead atoms. The summed E-state index contributed by atoms with van der Waals surface area (Å²) in [5.41, 5.74) is 2.03. The standard InChI is InChI=1S/C18H23BrN4O/c1-11(2)16(10-24)22-18-21-15(12-6-7-12)9-17(23-18)20-14-5-3-4-13(19)8-14/h3-5,8-9,11-12,16,24H,6-7,10H2,1-2H3,(H2,20,21,22,23)/t16-/m0/s1. The summed E-state index contributed by atoms with van der Waals surface area (Å²) >= 11 is 3.48. The molecule has 1 fully saturated rings. The molecule has 3 N–H and O–H groups in total. The lowest BCUT2D eigenvalue weighted by molar-refractivity contribution is 0.248. The van der Waals surface area contributed by atoms with Gasteiger partial charge in [0.05, 0.1) is 18.3 Å². The molecule has 0 spiro atoms. The maximum Gasteiger partial charge on any atom is 0.225 e. The third-order valence-corrected chi connectivity index (χ3v) is 4.65. The molecular formula is C18H23BrN4O. The minimum absolute atomic E-state index is 0.0572. The molecule has 0 amide bonds. The second-order valence-corrected chi connectivity index (χ2v) is 7.50. The first kappa shape index (κ1) is 17.2. The maximum atomic E-state index is 9.54. The predicted octanol–water partition coefficient (Wildman–Crippen LogP) is 4.29. The van der Waals surface area contributed by atoms with Gasteiger partial charge < -0.3 is 15.7 Å². The Bertz CT molecular complexity index is 703. The molecule has 1 aliphatic rings. The Morgan fingerprint density at radius 1 is 1.25 bits per heavy atom. The predicted molar refractivity (Wildman–Crippen MR) is 101 cm³/mol. The summed E-state index contributed by atoms with van der Waals surface area (Å²) in [6, 6.07) is 9.95. The van der Waals surface area contributed by atoms with E-state index in [0.717, 1.165) is 21.7 Å². The van der Waals surface area contributed by atoms with Crippen LogP contribution in [0.2, 0.25) is 0 Å². The fourth-order valence-corrected chi connectivity index (χ4v) is 2.89. The zero-order valence-corrected chi connectivity index (χ0v) is 15.5. The number of hydrogen-bond acceptors (Lipinski definition) is 5. The Hall–Kier alpha value is -1.66. The van der Waals surface area contributed by atoms with Crippen LogP contribution in [0, 0.1) is 5.92 Å². The molecule has 1 heterocycles. The van der Waals surface area contributed by atoms with E-state index >= 15 is 0 Å². The minimum atomic E-state index is -0.0572. The third-order valence-electron chi connectivity index (χ3n) is 4.15. The quantitative estimate of drug-likeness (QED) is 0.657. The smallest absolute Gasteiger partial charge is 0.225 e. The van der Waals surface area contributed by atoms with Crippen LogP contribution in [0.1, 0.15) is 38.3 Å². The van der Waals surface area contributed by atoms with Gasteiger partial charge >= 0.3 is 0 Å². The van der Waals surface area contributed by atoms with Crippen molar-refractivity contribution in [2.75, 3.05) is 17.2 Å². The molecule has 0 radical (unpaired) electrons. The number of anilines is 3. The monoisotopic (exact) mass is 390 g/mol. The van der Waals surface area contributed by atoms with Crippen LogP contribution in [0.15, 0.2) is 34.8 Å². The fourth-order valence-electron chi connectivity index (χ4n) is 2.49. The Balaban J connectivity index is 1.85. The summed E-state index contributed by atoms with van der Waals surface area (Å²) in [6.07, 6.45) is 2.36. The average molecular weight is 391 g/mol. The Labute approximate surface area is 151 Å². The van der Waals surface area contributed by atoms with Crippen molar-refractivity contribution in [1.29, 1.82) is 0 Å². The number of nitrogens with one attached hydrogen (secondary N) is 2. The molecule has 1 atom stereocenters. The van der Waals surface area contributed by atoms with Crippen molar-refractivity contribution in [3.8, 4) is 0 Å². The first-order valence-electron chi connectivity index (χ1n) is 8.34. The molecule has 0 saturated heterocycles. The van der Waals surface area contributed by atoms with Gasteiger partial charge in [0, 0.05) is 22.1 Å². The lowest BCUT2D eigenvalue weighted by Crippen LogP contribution is -2.30. The zero-order chi connectivity index (χ0) is 17.1. The van der Waals surface area contributed by atoms with E-state index in [4.69, 9.17) is 0 Å².